The molecule has 0 amide bonds. The van der Waals surface area contributed by atoms with E-state index in [1.54, 1.807) is 19.5 Å². The minimum absolute atomic E-state index is 0.403. The van der Waals surface area contributed by atoms with E-state index in [0.29, 0.717) is 18.5 Å². The zero-order valence-electron chi connectivity index (χ0n) is 11.9. The predicted molar refractivity (Wildman–Crippen MR) is 81.0 cm³/mol. The van der Waals surface area contributed by atoms with Gasteiger partial charge in [-0.3, -0.25) is 0 Å². The second-order valence-corrected chi connectivity index (χ2v) is 5.16. The first-order valence-corrected chi connectivity index (χ1v) is 6.86. The number of nitrogens with zero attached hydrogens (tertiary/aromatic N) is 2. The zero-order valence-corrected chi connectivity index (χ0v) is 12.6. The minimum Gasteiger partial charge on any atom is -0.479 e. The van der Waals surface area contributed by atoms with Crippen LogP contribution in [0.15, 0.2) is 30.6 Å². The van der Waals surface area contributed by atoms with Gasteiger partial charge in [0.05, 0.1) is 7.11 Å². The molecule has 1 heterocycles. The van der Waals surface area contributed by atoms with E-state index in [0.717, 1.165) is 21.8 Å². The van der Waals surface area contributed by atoms with Crippen molar-refractivity contribution in [2.45, 2.75) is 26.4 Å². The van der Waals surface area contributed by atoms with Crippen LogP contribution in [0.2, 0.25) is 5.02 Å². The van der Waals surface area contributed by atoms with E-state index >= 15 is 0 Å². The van der Waals surface area contributed by atoms with Gasteiger partial charge in [-0.05, 0) is 17.7 Å². The predicted octanol–water partition coefficient (Wildman–Crippen LogP) is 3.30. The Hall–Kier alpha value is -1.65. The molecule has 0 aliphatic rings. The number of aromatic nitrogens is 2. The van der Waals surface area contributed by atoms with Crippen LogP contribution in [0, 0.1) is 0 Å². The Balaban J connectivity index is 2.35. The molecule has 4 nitrogen and oxygen atoms in total. The Morgan fingerprint density at radius 3 is 2.70 bits per heavy atom. The smallest absolute Gasteiger partial charge is 0.240 e. The Kier molecular flexibility index (Phi) is 4.93. The number of methoxy groups -OCH3 is 1. The van der Waals surface area contributed by atoms with Crippen LogP contribution in [0.1, 0.15) is 19.4 Å². The third-order valence-corrected chi connectivity index (χ3v) is 3.25. The molecular weight excluding hydrogens is 274 g/mol. The lowest BCUT2D eigenvalue weighted by molar-refractivity contribution is 0.398. The molecule has 0 aliphatic heterocycles. The van der Waals surface area contributed by atoms with Crippen molar-refractivity contribution in [1.82, 2.24) is 15.3 Å². The van der Waals surface area contributed by atoms with E-state index in [2.05, 4.69) is 29.1 Å². The first-order valence-electron chi connectivity index (χ1n) is 6.49. The van der Waals surface area contributed by atoms with Gasteiger partial charge in [-0.2, -0.15) is 0 Å². The van der Waals surface area contributed by atoms with Crippen LogP contribution >= 0.6 is 11.6 Å². The molecule has 106 valence electrons. The molecule has 0 unspecified atom stereocenters. The van der Waals surface area contributed by atoms with Gasteiger partial charge in [0.15, 0.2) is 0 Å². The highest BCUT2D eigenvalue weighted by atomic mass is 35.5. The lowest BCUT2D eigenvalue weighted by Gasteiger charge is -2.12. The number of hydrogen-bond acceptors (Lipinski definition) is 4. The quantitative estimate of drug-likeness (QED) is 0.918. The summed E-state index contributed by atoms with van der Waals surface area (Å²) in [5.41, 5.74) is 2.70. The lowest BCUT2D eigenvalue weighted by atomic mass is 10.1. The Bertz CT molecular complexity index is 587. The van der Waals surface area contributed by atoms with Crippen LogP contribution in [-0.2, 0) is 6.54 Å². The van der Waals surface area contributed by atoms with Gasteiger partial charge in [-0.25, -0.2) is 9.97 Å². The Labute approximate surface area is 124 Å². The van der Waals surface area contributed by atoms with Crippen LogP contribution in [0.4, 0.5) is 0 Å². The van der Waals surface area contributed by atoms with Crippen LogP contribution in [0.3, 0.4) is 0 Å². The second kappa shape index (κ2) is 6.68. The van der Waals surface area contributed by atoms with Crippen LogP contribution < -0.4 is 10.1 Å². The van der Waals surface area contributed by atoms with Crippen LogP contribution in [0.5, 0.6) is 5.88 Å². The summed E-state index contributed by atoms with van der Waals surface area (Å²) in [6, 6.07) is 6.22. The number of hydrogen-bond donors (Lipinski definition) is 1. The summed E-state index contributed by atoms with van der Waals surface area (Å²) in [5, 5.41) is 4.10. The highest BCUT2D eigenvalue weighted by molar-refractivity contribution is 6.31. The van der Waals surface area contributed by atoms with Crippen molar-refractivity contribution in [3.63, 3.8) is 0 Å². The number of benzene rings is 1. The highest BCUT2D eigenvalue weighted by Crippen LogP contribution is 2.28. The molecule has 2 rings (SSSR count). The SMILES string of the molecule is COc1nccnc1-c1ccc(Cl)c(CNC(C)C)c1. The molecule has 0 bridgehead atoms. The average molecular weight is 292 g/mol. The van der Waals surface area contributed by atoms with Crippen molar-refractivity contribution in [2.75, 3.05) is 7.11 Å². The molecule has 2 aromatic rings. The Morgan fingerprint density at radius 1 is 1.25 bits per heavy atom. The first-order chi connectivity index (χ1) is 9.61. The summed E-state index contributed by atoms with van der Waals surface area (Å²) >= 11 is 6.23. The molecule has 5 heteroatoms. The van der Waals surface area contributed by atoms with E-state index in [9.17, 15) is 0 Å². The summed E-state index contributed by atoms with van der Waals surface area (Å²) in [6.07, 6.45) is 3.26. The molecular formula is C15H18ClN3O. The summed E-state index contributed by atoms with van der Waals surface area (Å²) in [6.45, 7) is 4.92. The maximum atomic E-state index is 6.23. The van der Waals surface area contributed by atoms with Gasteiger partial charge in [-0.1, -0.05) is 31.5 Å². The van der Waals surface area contributed by atoms with Gasteiger partial charge < -0.3 is 10.1 Å². The highest BCUT2D eigenvalue weighted by Gasteiger charge is 2.10. The molecule has 1 aromatic heterocycles. The fraction of sp³-hybridized carbons (Fsp3) is 0.333. The molecule has 0 atom stereocenters. The van der Waals surface area contributed by atoms with Gasteiger partial charge in [0.2, 0.25) is 5.88 Å². The average Bonchev–Trinajstić information content (AvgIpc) is 2.46. The fourth-order valence-corrected chi connectivity index (χ4v) is 2.03. The van der Waals surface area contributed by atoms with E-state index < -0.39 is 0 Å². The normalized spacial score (nSPS) is 10.8. The second-order valence-electron chi connectivity index (χ2n) is 4.76. The molecule has 20 heavy (non-hydrogen) atoms. The summed E-state index contributed by atoms with van der Waals surface area (Å²) in [5.74, 6) is 0.512. The summed E-state index contributed by atoms with van der Waals surface area (Å²) in [7, 11) is 1.59. The third kappa shape index (κ3) is 3.46. The first kappa shape index (κ1) is 14.8. The van der Waals surface area contributed by atoms with Gasteiger partial charge in [-0.15, -0.1) is 0 Å². The number of rotatable bonds is 5. The van der Waals surface area contributed by atoms with Crippen molar-refractivity contribution >= 4 is 11.6 Å². The van der Waals surface area contributed by atoms with E-state index in [1.807, 2.05) is 18.2 Å². The zero-order chi connectivity index (χ0) is 14.5. The van der Waals surface area contributed by atoms with Gasteiger partial charge in [0.25, 0.3) is 0 Å². The van der Waals surface area contributed by atoms with Crippen molar-refractivity contribution in [2.24, 2.45) is 0 Å². The molecule has 0 spiro atoms. The van der Waals surface area contributed by atoms with Crippen molar-refractivity contribution < 1.29 is 4.74 Å². The summed E-state index contributed by atoms with van der Waals surface area (Å²) in [4.78, 5) is 8.50. The molecule has 1 N–H and O–H groups in total. The molecule has 0 aliphatic carbocycles. The minimum atomic E-state index is 0.403. The third-order valence-electron chi connectivity index (χ3n) is 2.88. The van der Waals surface area contributed by atoms with E-state index in [4.69, 9.17) is 16.3 Å². The Morgan fingerprint density at radius 2 is 2.00 bits per heavy atom. The van der Waals surface area contributed by atoms with Crippen molar-refractivity contribution in [3.05, 3.63) is 41.2 Å². The molecule has 0 fully saturated rings. The fourth-order valence-electron chi connectivity index (χ4n) is 1.84. The number of nitrogens with one attached hydrogen (secondary N) is 1. The lowest BCUT2D eigenvalue weighted by Crippen LogP contribution is -2.22. The van der Waals surface area contributed by atoms with Gasteiger partial charge >= 0.3 is 0 Å². The number of ether oxygens (including phenoxy) is 1. The summed E-state index contributed by atoms with van der Waals surface area (Å²) < 4.78 is 5.25. The molecule has 1 aromatic carbocycles. The molecule has 0 radical (unpaired) electrons. The van der Waals surface area contributed by atoms with Gasteiger partial charge in [0.1, 0.15) is 5.69 Å². The number of halogens is 1. The van der Waals surface area contributed by atoms with E-state index in [-0.39, 0.29) is 0 Å². The standard InChI is InChI=1S/C15H18ClN3O/c1-10(2)19-9-12-8-11(4-5-13(12)16)14-15(20-3)18-7-6-17-14/h4-8,10,19H,9H2,1-3H3. The topological polar surface area (TPSA) is 47.0 Å². The van der Waals surface area contributed by atoms with E-state index in [1.165, 1.54) is 0 Å². The maximum absolute atomic E-state index is 6.23. The maximum Gasteiger partial charge on any atom is 0.240 e. The van der Waals surface area contributed by atoms with Gasteiger partial charge in [0, 0.05) is 35.6 Å². The van der Waals surface area contributed by atoms with Crippen molar-refractivity contribution in [3.8, 4) is 17.1 Å². The van der Waals surface area contributed by atoms with Crippen molar-refractivity contribution in [1.29, 1.82) is 0 Å². The molecule has 0 saturated carbocycles. The van der Waals surface area contributed by atoms with Crippen LogP contribution in [0.25, 0.3) is 11.3 Å². The largest absolute Gasteiger partial charge is 0.479 e. The van der Waals surface area contributed by atoms with Crippen LogP contribution in [-0.4, -0.2) is 23.1 Å². The molecule has 0 saturated heterocycles. The monoisotopic (exact) mass is 291 g/mol.